The number of benzene rings is 2. The number of phenols is 1. The number of carbonyl (C=O) groups excluding carboxylic acids is 1. The third-order valence-corrected chi connectivity index (χ3v) is 9.07. The number of rotatable bonds is 9. The monoisotopic (exact) mass is 588 g/mol. The highest BCUT2D eigenvalue weighted by atomic mass is 35.5. The van der Waals surface area contributed by atoms with Gasteiger partial charge in [0.1, 0.15) is 5.82 Å². The van der Waals surface area contributed by atoms with Gasteiger partial charge in [0.2, 0.25) is 0 Å². The van der Waals surface area contributed by atoms with Crippen LogP contribution in [0.3, 0.4) is 0 Å². The number of hydrogen-bond donors (Lipinski definition) is 2. The fourth-order valence-electron chi connectivity index (χ4n) is 5.75. The number of hydrogen-bond acceptors (Lipinski definition) is 6. The van der Waals surface area contributed by atoms with Crippen LogP contribution in [-0.4, -0.2) is 33.9 Å². The molecule has 0 spiro atoms. The summed E-state index contributed by atoms with van der Waals surface area (Å²) in [5.41, 5.74) is 4.46. The number of fused-ring (bicyclic) bond motifs is 1. The lowest BCUT2D eigenvalue weighted by Gasteiger charge is -2.20. The van der Waals surface area contributed by atoms with E-state index in [-0.39, 0.29) is 27.5 Å². The third kappa shape index (κ3) is 5.86. The van der Waals surface area contributed by atoms with Gasteiger partial charge in [-0.15, -0.1) is 0 Å². The zero-order valence-corrected chi connectivity index (χ0v) is 24.8. The van der Waals surface area contributed by atoms with E-state index in [1.807, 2.05) is 30.5 Å². The summed E-state index contributed by atoms with van der Waals surface area (Å²) in [6.07, 6.45) is 9.05. The Morgan fingerprint density at radius 3 is 2.51 bits per heavy atom. The topological polar surface area (TPSA) is 78.4 Å². The molecular weight excluding hydrogens is 555 g/mol. The van der Waals surface area contributed by atoms with Crippen molar-refractivity contribution in [2.45, 2.75) is 46.0 Å². The van der Waals surface area contributed by atoms with Crippen molar-refractivity contribution >= 4 is 57.1 Å². The van der Waals surface area contributed by atoms with Crippen LogP contribution in [-0.2, 0) is 0 Å². The first-order valence-electron chi connectivity index (χ1n) is 14.4. The maximum absolute atomic E-state index is 13.3. The SMILES string of the molecule is CCC(C)CC1CCN(c2ccc(Nc3c(C(=O)C4CC4)cnc4ccc(-c5cc(Cl)c(O)c(Cl)c5)cc34)cn2)C1. The van der Waals surface area contributed by atoms with E-state index >= 15 is 0 Å². The van der Waals surface area contributed by atoms with E-state index in [4.69, 9.17) is 28.2 Å². The molecule has 1 saturated carbocycles. The summed E-state index contributed by atoms with van der Waals surface area (Å²) >= 11 is 12.4. The standard InChI is InChI=1S/C33H34Cl2N4O2/c1-3-19(2)12-20-10-11-39(18-20)30-9-7-24(16-37-30)38-31-25-13-22(23-14-27(34)33(41)28(35)15-23)6-8-29(25)36-17-26(31)32(40)21-4-5-21/h6-9,13-17,19-21,41H,3-5,10-12,18H2,1-2H3,(H,36,38). The van der Waals surface area contributed by atoms with Crippen molar-refractivity contribution in [3.63, 3.8) is 0 Å². The minimum atomic E-state index is -0.143. The summed E-state index contributed by atoms with van der Waals surface area (Å²) in [5.74, 6) is 2.47. The molecule has 2 atom stereocenters. The molecule has 41 heavy (non-hydrogen) atoms. The van der Waals surface area contributed by atoms with Crippen molar-refractivity contribution in [1.29, 1.82) is 0 Å². The number of ketones is 1. The molecule has 0 radical (unpaired) electrons. The number of Topliss-reactive ketones (excluding diaryl/α,β-unsaturated/α-hetero) is 1. The van der Waals surface area contributed by atoms with Gasteiger partial charge < -0.3 is 15.3 Å². The Hall–Kier alpha value is -3.35. The Morgan fingerprint density at radius 2 is 1.83 bits per heavy atom. The van der Waals surface area contributed by atoms with Crippen LogP contribution in [0.1, 0.15) is 56.3 Å². The molecule has 3 heterocycles. The molecule has 2 N–H and O–H groups in total. The van der Waals surface area contributed by atoms with Crippen molar-refractivity contribution in [2.75, 3.05) is 23.3 Å². The zero-order chi connectivity index (χ0) is 28.7. The fraction of sp³-hybridized carbons (Fsp3) is 0.364. The number of nitrogens with zero attached hydrogens (tertiary/aromatic N) is 3. The number of nitrogens with one attached hydrogen (secondary N) is 1. The molecule has 2 fully saturated rings. The van der Waals surface area contributed by atoms with E-state index in [9.17, 15) is 9.90 Å². The maximum Gasteiger partial charge on any atom is 0.169 e. The summed E-state index contributed by atoms with van der Waals surface area (Å²) in [6.45, 7) is 6.68. The molecule has 0 bridgehead atoms. The number of aromatic hydroxyl groups is 1. The first-order valence-corrected chi connectivity index (χ1v) is 15.2. The quantitative estimate of drug-likeness (QED) is 0.190. The lowest BCUT2D eigenvalue weighted by atomic mass is 9.93. The molecule has 4 aromatic rings. The average Bonchev–Trinajstić information content (AvgIpc) is 3.74. The van der Waals surface area contributed by atoms with Gasteiger partial charge in [-0.25, -0.2) is 4.98 Å². The third-order valence-electron chi connectivity index (χ3n) is 8.49. The van der Waals surface area contributed by atoms with E-state index in [1.165, 1.54) is 19.3 Å². The molecule has 2 aromatic heterocycles. The molecule has 2 aliphatic rings. The fourth-order valence-corrected chi connectivity index (χ4v) is 6.24. The summed E-state index contributed by atoms with van der Waals surface area (Å²) in [6, 6.07) is 13.3. The number of pyridine rings is 2. The molecule has 1 aliphatic carbocycles. The van der Waals surface area contributed by atoms with E-state index in [2.05, 4.69) is 35.1 Å². The predicted molar refractivity (Wildman–Crippen MR) is 168 cm³/mol. The second-order valence-corrected chi connectivity index (χ2v) is 12.4. The Labute approximate surface area is 250 Å². The van der Waals surface area contributed by atoms with Crippen LogP contribution < -0.4 is 10.2 Å². The maximum atomic E-state index is 13.3. The van der Waals surface area contributed by atoms with Gasteiger partial charge in [0, 0.05) is 30.6 Å². The molecule has 0 amide bonds. The number of anilines is 3. The number of aromatic nitrogens is 2. The highest BCUT2D eigenvalue weighted by molar-refractivity contribution is 6.37. The predicted octanol–water partition coefficient (Wildman–Crippen LogP) is 8.91. The van der Waals surface area contributed by atoms with Crippen LogP contribution in [0.15, 0.2) is 54.9 Å². The van der Waals surface area contributed by atoms with Crippen molar-refractivity contribution in [3.8, 4) is 16.9 Å². The molecule has 6 rings (SSSR count). The van der Waals surface area contributed by atoms with Gasteiger partial charge in [-0.2, -0.15) is 0 Å². The lowest BCUT2D eigenvalue weighted by molar-refractivity contribution is 0.0968. The first-order chi connectivity index (χ1) is 19.8. The molecule has 6 nitrogen and oxygen atoms in total. The van der Waals surface area contributed by atoms with E-state index < -0.39 is 0 Å². The molecule has 8 heteroatoms. The molecular formula is C33H34Cl2N4O2. The second-order valence-electron chi connectivity index (χ2n) is 11.6. The summed E-state index contributed by atoms with van der Waals surface area (Å²) in [4.78, 5) is 25.1. The summed E-state index contributed by atoms with van der Waals surface area (Å²) in [7, 11) is 0. The minimum Gasteiger partial charge on any atom is -0.505 e. The number of halogens is 2. The van der Waals surface area contributed by atoms with Gasteiger partial charge in [-0.3, -0.25) is 9.78 Å². The van der Waals surface area contributed by atoms with E-state index in [0.29, 0.717) is 11.3 Å². The lowest BCUT2D eigenvalue weighted by Crippen LogP contribution is -2.21. The molecule has 2 unspecified atom stereocenters. The summed E-state index contributed by atoms with van der Waals surface area (Å²) in [5, 5.41) is 14.7. The Kier molecular flexibility index (Phi) is 7.80. The Bertz CT molecular complexity index is 1580. The van der Waals surface area contributed by atoms with Crippen LogP contribution in [0.25, 0.3) is 22.0 Å². The normalized spacial score (nSPS) is 17.7. The second kappa shape index (κ2) is 11.5. The van der Waals surface area contributed by atoms with Crippen LogP contribution in [0, 0.1) is 17.8 Å². The minimum absolute atomic E-state index is 0.0479. The smallest absolute Gasteiger partial charge is 0.169 e. The largest absolute Gasteiger partial charge is 0.505 e. The van der Waals surface area contributed by atoms with Crippen LogP contribution in [0.2, 0.25) is 10.0 Å². The van der Waals surface area contributed by atoms with Gasteiger partial charge in [0.15, 0.2) is 11.5 Å². The van der Waals surface area contributed by atoms with Crippen LogP contribution in [0.5, 0.6) is 5.75 Å². The molecule has 212 valence electrons. The van der Waals surface area contributed by atoms with Crippen LogP contribution >= 0.6 is 23.2 Å². The number of carbonyl (C=O) groups is 1. The highest BCUT2D eigenvalue weighted by Gasteiger charge is 2.33. The van der Waals surface area contributed by atoms with Gasteiger partial charge in [0.25, 0.3) is 0 Å². The Morgan fingerprint density at radius 1 is 1.05 bits per heavy atom. The summed E-state index contributed by atoms with van der Waals surface area (Å²) < 4.78 is 0. The first kappa shape index (κ1) is 27.8. The van der Waals surface area contributed by atoms with Crippen molar-refractivity contribution in [2.24, 2.45) is 17.8 Å². The van der Waals surface area contributed by atoms with Crippen LogP contribution in [0.4, 0.5) is 17.2 Å². The van der Waals surface area contributed by atoms with Gasteiger partial charge >= 0.3 is 0 Å². The Balaban J connectivity index is 1.33. The number of phenolic OH excluding ortho intramolecular Hbond substituents is 1. The van der Waals surface area contributed by atoms with Gasteiger partial charge in [-0.1, -0.05) is 49.5 Å². The van der Waals surface area contributed by atoms with E-state index in [1.54, 1.807) is 18.3 Å². The van der Waals surface area contributed by atoms with Crippen molar-refractivity contribution < 1.29 is 9.90 Å². The van der Waals surface area contributed by atoms with Gasteiger partial charge in [-0.05, 0) is 85.0 Å². The molecule has 1 saturated heterocycles. The highest BCUT2D eigenvalue weighted by Crippen LogP contribution is 2.41. The van der Waals surface area contributed by atoms with Crippen molar-refractivity contribution in [1.82, 2.24) is 9.97 Å². The molecule has 1 aliphatic heterocycles. The van der Waals surface area contributed by atoms with Crippen molar-refractivity contribution in [3.05, 3.63) is 70.5 Å². The van der Waals surface area contributed by atoms with E-state index in [0.717, 1.165) is 71.3 Å². The zero-order valence-electron chi connectivity index (χ0n) is 23.3. The average molecular weight is 590 g/mol. The molecule has 2 aromatic carbocycles. The van der Waals surface area contributed by atoms with Gasteiger partial charge in [0.05, 0.1) is 38.7 Å².